The van der Waals surface area contributed by atoms with Gasteiger partial charge in [-0.3, -0.25) is 0 Å². The number of allylic oxidation sites excluding steroid dienone is 2. The van der Waals surface area contributed by atoms with Gasteiger partial charge < -0.3 is 5.32 Å². The van der Waals surface area contributed by atoms with Gasteiger partial charge in [0, 0.05) is 16.8 Å². The Morgan fingerprint density at radius 1 is 1.04 bits per heavy atom. The van der Waals surface area contributed by atoms with Crippen molar-refractivity contribution in [3.05, 3.63) is 89.0 Å². The van der Waals surface area contributed by atoms with Crippen LogP contribution in [-0.4, -0.2) is 0 Å². The van der Waals surface area contributed by atoms with Gasteiger partial charge in [0.1, 0.15) is 0 Å². The molecule has 0 heterocycles. The van der Waals surface area contributed by atoms with Gasteiger partial charge in [-0.05, 0) is 57.9 Å². The van der Waals surface area contributed by atoms with Crippen molar-refractivity contribution in [2.45, 2.75) is 26.2 Å². The van der Waals surface area contributed by atoms with Crippen molar-refractivity contribution in [2.24, 2.45) is 0 Å². The van der Waals surface area contributed by atoms with Crippen LogP contribution in [0.5, 0.6) is 0 Å². The first kappa shape index (κ1) is 16.7. The fourth-order valence-electron chi connectivity index (χ4n) is 3.35. The lowest BCUT2D eigenvalue weighted by atomic mass is 9.82. The molecule has 1 nitrogen and oxygen atoms in total. The maximum absolute atomic E-state index is 4.27. The van der Waals surface area contributed by atoms with Crippen molar-refractivity contribution in [2.75, 3.05) is 5.32 Å². The molecule has 122 valence electrons. The third kappa shape index (κ3) is 2.83. The summed E-state index contributed by atoms with van der Waals surface area (Å²) in [5.41, 5.74) is 8.29. The molecule has 0 aliphatic heterocycles. The van der Waals surface area contributed by atoms with E-state index >= 15 is 0 Å². The van der Waals surface area contributed by atoms with Crippen LogP contribution in [0.25, 0.3) is 11.1 Å². The minimum absolute atomic E-state index is 0.0100. The molecule has 1 N–H and O–H groups in total. The average Bonchev–Trinajstić information content (AvgIpc) is 2.76. The molecule has 0 fully saturated rings. The first-order chi connectivity index (χ1) is 11.3. The van der Waals surface area contributed by atoms with Crippen LogP contribution in [0.15, 0.2) is 77.9 Å². The number of hydrogen-bond donors (Lipinski definition) is 2. The molecular formula is C22H23NS. The standard InChI is InChI=1S/C22H23NS/c1-14(16(3)24)12-15(2)23-17-10-11-19-18-8-6-7-9-20(18)22(4,5)21(19)13-17/h6-13,23-24H,2-3H2,1,4-5H3/b14-12+. The maximum Gasteiger partial charge on any atom is 0.0387 e. The van der Waals surface area contributed by atoms with Crippen molar-refractivity contribution in [3.63, 3.8) is 0 Å². The molecule has 0 saturated heterocycles. The maximum atomic E-state index is 4.27. The van der Waals surface area contributed by atoms with Gasteiger partial charge >= 0.3 is 0 Å². The Balaban J connectivity index is 1.94. The van der Waals surface area contributed by atoms with E-state index < -0.39 is 0 Å². The number of anilines is 1. The highest BCUT2D eigenvalue weighted by Crippen LogP contribution is 2.49. The highest BCUT2D eigenvalue weighted by molar-refractivity contribution is 7.84. The van der Waals surface area contributed by atoms with E-state index in [4.69, 9.17) is 0 Å². The lowest BCUT2D eigenvalue weighted by molar-refractivity contribution is 0.660. The van der Waals surface area contributed by atoms with Gasteiger partial charge in [0.05, 0.1) is 0 Å². The van der Waals surface area contributed by atoms with Crippen molar-refractivity contribution < 1.29 is 0 Å². The normalized spacial score (nSPS) is 14.8. The average molecular weight is 334 g/mol. The van der Waals surface area contributed by atoms with Gasteiger partial charge in [-0.2, -0.15) is 0 Å². The molecule has 0 amide bonds. The van der Waals surface area contributed by atoms with Crippen molar-refractivity contribution >= 4 is 18.3 Å². The summed E-state index contributed by atoms with van der Waals surface area (Å²) >= 11 is 4.27. The lowest BCUT2D eigenvalue weighted by Gasteiger charge is -2.22. The monoisotopic (exact) mass is 333 g/mol. The van der Waals surface area contributed by atoms with E-state index in [1.165, 1.54) is 22.3 Å². The van der Waals surface area contributed by atoms with Crippen LogP contribution in [0.1, 0.15) is 31.9 Å². The van der Waals surface area contributed by atoms with Crippen LogP contribution in [0.3, 0.4) is 0 Å². The molecule has 2 heteroatoms. The van der Waals surface area contributed by atoms with Gasteiger partial charge in [0.25, 0.3) is 0 Å². The van der Waals surface area contributed by atoms with Crippen LogP contribution < -0.4 is 5.32 Å². The summed E-state index contributed by atoms with van der Waals surface area (Å²) in [4.78, 5) is 0.753. The van der Waals surface area contributed by atoms with Crippen molar-refractivity contribution in [1.82, 2.24) is 0 Å². The topological polar surface area (TPSA) is 12.0 Å². The van der Waals surface area contributed by atoms with E-state index in [0.29, 0.717) is 0 Å². The van der Waals surface area contributed by atoms with E-state index in [9.17, 15) is 0 Å². The molecule has 0 bridgehead atoms. The highest BCUT2D eigenvalue weighted by atomic mass is 32.1. The zero-order valence-corrected chi connectivity index (χ0v) is 15.4. The largest absolute Gasteiger partial charge is 0.356 e. The number of benzene rings is 2. The number of rotatable bonds is 4. The summed E-state index contributed by atoms with van der Waals surface area (Å²) in [7, 11) is 0. The molecule has 1 aliphatic carbocycles. The molecule has 0 aromatic heterocycles. The Kier molecular flexibility index (Phi) is 4.18. The summed E-state index contributed by atoms with van der Waals surface area (Å²) in [6, 6.07) is 15.2. The first-order valence-corrected chi connectivity index (χ1v) is 8.52. The number of thiol groups is 1. The predicted octanol–water partition coefficient (Wildman–Crippen LogP) is 6.31. The molecule has 2 aromatic carbocycles. The molecule has 24 heavy (non-hydrogen) atoms. The Morgan fingerprint density at radius 3 is 2.42 bits per heavy atom. The van der Waals surface area contributed by atoms with Gasteiger partial charge in [-0.1, -0.05) is 57.3 Å². The summed E-state index contributed by atoms with van der Waals surface area (Å²) in [5, 5.41) is 3.38. The van der Waals surface area contributed by atoms with Gasteiger partial charge in [0.2, 0.25) is 0 Å². The smallest absolute Gasteiger partial charge is 0.0387 e. The molecule has 0 radical (unpaired) electrons. The minimum Gasteiger partial charge on any atom is -0.356 e. The van der Waals surface area contributed by atoms with Crippen molar-refractivity contribution in [3.8, 4) is 11.1 Å². The second kappa shape index (κ2) is 6.03. The van der Waals surface area contributed by atoms with Crippen LogP contribution in [0.2, 0.25) is 0 Å². The Morgan fingerprint density at radius 2 is 1.71 bits per heavy atom. The Hall–Kier alpha value is -2.19. The second-order valence-electron chi connectivity index (χ2n) is 6.86. The third-order valence-corrected chi connectivity index (χ3v) is 5.09. The van der Waals surface area contributed by atoms with Crippen LogP contribution >= 0.6 is 12.6 Å². The Bertz CT molecular complexity index is 871. The molecule has 1 aliphatic rings. The summed E-state index contributed by atoms with van der Waals surface area (Å²) < 4.78 is 0. The number of hydrogen-bond acceptors (Lipinski definition) is 2. The fourth-order valence-corrected chi connectivity index (χ4v) is 3.41. The fraction of sp³-hybridized carbons (Fsp3) is 0.182. The summed E-state index contributed by atoms with van der Waals surface area (Å²) in [6.45, 7) is 14.5. The van der Waals surface area contributed by atoms with E-state index in [-0.39, 0.29) is 5.41 Å². The van der Waals surface area contributed by atoms with E-state index in [1.807, 2.05) is 13.0 Å². The molecule has 0 atom stereocenters. The molecule has 0 saturated carbocycles. The van der Waals surface area contributed by atoms with Crippen LogP contribution in [-0.2, 0) is 5.41 Å². The molecule has 2 aromatic rings. The highest BCUT2D eigenvalue weighted by Gasteiger charge is 2.35. The van der Waals surface area contributed by atoms with Gasteiger partial charge in [0.15, 0.2) is 0 Å². The van der Waals surface area contributed by atoms with E-state index in [2.05, 4.69) is 87.4 Å². The molecular weight excluding hydrogens is 310 g/mol. The number of nitrogens with one attached hydrogen (secondary N) is 1. The molecule has 0 unspecified atom stereocenters. The molecule has 0 spiro atoms. The number of fused-ring (bicyclic) bond motifs is 3. The minimum atomic E-state index is 0.0100. The van der Waals surface area contributed by atoms with Crippen LogP contribution in [0, 0.1) is 0 Å². The zero-order valence-electron chi connectivity index (χ0n) is 14.5. The predicted molar refractivity (Wildman–Crippen MR) is 109 cm³/mol. The molecule has 3 rings (SSSR count). The third-order valence-electron chi connectivity index (χ3n) is 4.73. The lowest BCUT2D eigenvalue weighted by Crippen LogP contribution is -2.15. The van der Waals surface area contributed by atoms with Gasteiger partial charge in [-0.15, -0.1) is 12.6 Å². The zero-order chi connectivity index (χ0) is 17.5. The van der Waals surface area contributed by atoms with Crippen molar-refractivity contribution in [1.29, 1.82) is 0 Å². The summed E-state index contributed by atoms with van der Waals surface area (Å²) in [6.07, 6.45) is 1.96. The van der Waals surface area contributed by atoms with E-state index in [0.717, 1.165) is 21.9 Å². The second-order valence-corrected chi connectivity index (χ2v) is 7.40. The SMILES string of the molecule is C=C(/C=C(\C)C(=C)S)Nc1ccc2c(c1)C(C)(C)c1ccccc1-2. The van der Waals surface area contributed by atoms with Gasteiger partial charge in [-0.25, -0.2) is 0 Å². The summed E-state index contributed by atoms with van der Waals surface area (Å²) in [5.74, 6) is 0. The Labute approximate surface area is 150 Å². The quantitative estimate of drug-likeness (QED) is 0.493. The van der Waals surface area contributed by atoms with E-state index in [1.54, 1.807) is 0 Å². The van der Waals surface area contributed by atoms with Crippen LogP contribution in [0.4, 0.5) is 5.69 Å². The first-order valence-electron chi connectivity index (χ1n) is 8.07.